The van der Waals surface area contributed by atoms with E-state index in [-0.39, 0.29) is 12.0 Å². The quantitative estimate of drug-likeness (QED) is 0.714. The Labute approximate surface area is 163 Å². The lowest BCUT2D eigenvalue weighted by molar-refractivity contribution is 0.0158. The van der Waals surface area contributed by atoms with E-state index in [0.717, 1.165) is 35.6 Å². The maximum absolute atomic E-state index is 12.7. The minimum absolute atomic E-state index is 0.0912. The first-order chi connectivity index (χ1) is 13.7. The molecule has 28 heavy (non-hydrogen) atoms. The number of morpholine rings is 1. The molecule has 0 bridgehead atoms. The Hall–Kier alpha value is -3.03. The van der Waals surface area contributed by atoms with Gasteiger partial charge in [-0.05, 0) is 30.7 Å². The Morgan fingerprint density at radius 2 is 2.14 bits per heavy atom. The van der Waals surface area contributed by atoms with Crippen molar-refractivity contribution >= 4 is 11.6 Å². The summed E-state index contributed by atoms with van der Waals surface area (Å²) in [6, 6.07) is 15.2. The van der Waals surface area contributed by atoms with Crippen molar-refractivity contribution in [2.24, 2.45) is 0 Å². The van der Waals surface area contributed by atoms with Gasteiger partial charge in [-0.3, -0.25) is 4.79 Å². The second kappa shape index (κ2) is 8.33. The molecule has 7 heteroatoms. The predicted molar refractivity (Wildman–Crippen MR) is 107 cm³/mol. The number of nitrogens with zero attached hydrogens (tertiary/aromatic N) is 3. The highest BCUT2D eigenvalue weighted by atomic mass is 16.5. The standard InChI is InChI=1S/C21H23N5O2/c1-15-7-8-16(11-19(15)21(27)23-17-5-3-2-4-6-17)20-14-26(25-24-20)13-18-12-22-9-10-28-18/h2-8,11,14,18,22H,9-10,12-13H2,1H3,(H,23,27). The number of carbonyl (C=O) groups excluding carboxylic acids is 1. The average molecular weight is 377 g/mol. The number of amides is 1. The molecule has 1 unspecified atom stereocenters. The van der Waals surface area contributed by atoms with Gasteiger partial charge in [0.2, 0.25) is 0 Å². The van der Waals surface area contributed by atoms with Gasteiger partial charge in [0, 0.05) is 29.9 Å². The van der Waals surface area contributed by atoms with Crippen molar-refractivity contribution in [2.75, 3.05) is 25.0 Å². The van der Waals surface area contributed by atoms with E-state index < -0.39 is 0 Å². The summed E-state index contributed by atoms with van der Waals surface area (Å²) in [6.45, 7) is 4.98. The summed E-state index contributed by atoms with van der Waals surface area (Å²) in [5.41, 5.74) is 3.89. The number of nitrogens with one attached hydrogen (secondary N) is 2. The highest BCUT2D eigenvalue weighted by Gasteiger charge is 2.16. The maximum atomic E-state index is 12.7. The topological polar surface area (TPSA) is 81.1 Å². The number of anilines is 1. The van der Waals surface area contributed by atoms with Crippen LogP contribution in [0.3, 0.4) is 0 Å². The van der Waals surface area contributed by atoms with Crippen LogP contribution in [0.1, 0.15) is 15.9 Å². The van der Waals surface area contributed by atoms with E-state index in [2.05, 4.69) is 20.9 Å². The lowest BCUT2D eigenvalue weighted by atomic mass is 10.0. The molecule has 2 N–H and O–H groups in total. The molecule has 7 nitrogen and oxygen atoms in total. The Bertz CT molecular complexity index is 948. The first kappa shape index (κ1) is 18.3. The summed E-state index contributed by atoms with van der Waals surface area (Å²) in [6.07, 6.45) is 1.98. The molecule has 1 aromatic heterocycles. The van der Waals surface area contributed by atoms with E-state index >= 15 is 0 Å². The zero-order chi connectivity index (χ0) is 19.3. The van der Waals surface area contributed by atoms with Gasteiger partial charge in [-0.15, -0.1) is 5.10 Å². The van der Waals surface area contributed by atoms with Crippen LogP contribution in [-0.4, -0.2) is 46.7 Å². The maximum Gasteiger partial charge on any atom is 0.255 e. The zero-order valence-electron chi connectivity index (χ0n) is 15.8. The van der Waals surface area contributed by atoms with Gasteiger partial charge in [0.15, 0.2) is 0 Å². The molecule has 0 aliphatic carbocycles. The number of carbonyl (C=O) groups is 1. The third-order valence-electron chi connectivity index (χ3n) is 4.74. The first-order valence-electron chi connectivity index (χ1n) is 9.39. The zero-order valence-corrected chi connectivity index (χ0v) is 15.8. The van der Waals surface area contributed by atoms with Gasteiger partial charge in [-0.25, -0.2) is 4.68 Å². The van der Waals surface area contributed by atoms with Crippen molar-refractivity contribution in [3.05, 3.63) is 65.9 Å². The van der Waals surface area contributed by atoms with Gasteiger partial charge < -0.3 is 15.4 Å². The van der Waals surface area contributed by atoms with E-state index in [0.29, 0.717) is 18.7 Å². The Morgan fingerprint density at radius 1 is 1.29 bits per heavy atom. The number of ether oxygens (including phenoxy) is 1. The van der Waals surface area contributed by atoms with E-state index in [9.17, 15) is 4.79 Å². The monoisotopic (exact) mass is 377 g/mol. The molecule has 1 saturated heterocycles. The summed E-state index contributed by atoms with van der Waals surface area (Å²) in [5, 5.41) is 14.7. The number of hydrogen-bond donors (Lipinski definition) is 2. The van der Waals surface area contributed by atoms with Crippen LogP contribution >= 0.6 is 0 Å². The molecule has 2 aromatic carbocycles. The van der Waals surface area contributed by atoms with Crippen molar-refractivity contribution in [1.29, 1.82) is 0 Å². The van der Waals surface area contributed by atoms with Crippen molar-refractivity contribution in [1.82, 2.24) is 20.3 Å². The Morgan fingerprint density at radius 3 is 2.93 bits per heavy atom. The largest absolute Gasteiger partial charge is 0.374 e. The van der Waals surface area contributed by atoms with Gasteiger partial charge in [0.1, 0.15) is 5.69 Å². The fourth-order valence-electron chi connectivity index (χ4n) is 3.21. The SMILES string of the molecule is Cc1ccc(-c2cn(CC3CNCCO3)nn2)cc1C(=O)Nc1ccccc1. The molecule has 1 aliphatic heterocycles. The molecule has 2 heterocycles. The number of aryl methyl sites for hydroxylation is 1. The molecule has 1 amide bonds. The van der Waals surface area contributed by atoms with Crippen LogP contribution in [0, 0.1) is 6.92 Å². The fraction of sp³-hybridized carbons (Fsp3) is 0.286. The molecule has 1 aliphatic rings. The van der Waals surface area contributed by atoms with Crippen LogP contribution in [0.5, 0.6) is 0 Å². The van der Waals surface area contributed by atoms with Crippen LogP contribution in [0.2, 0.25) is 0 Å². The van der Waals surface area contributed by atoms with E-state index in [4.69, 9.17) is 4.74 Å². The van der Waals surface area contributed by atoms with Crippen LogP contribution < -0.4 is 10.6 Å². The van der Waals surface area contributed by atoms with Crippen molar-refractivity contribution in [3.8, 4) is 11.3 Å². The molecular weight excluding hydrogens is 354 g/mol. The van der Waals surface area contributed by atoms with E-state index in [1.807, 2.05) is 61.7 Å². The summed E-state index contributed by atoms with van der Waals surface area (Å²) in [5.74, 6) is -0.139. The molecule has 144 valence electrons. The normalized spacial score (nSPS) is 16.7. The molecule has 0 saturated carbocycles. The number of para-hydroxylation sites is 1. The molecular formula is C21H23N5O2. The van der Waals surface area contributed by atoms with Crippen molar-refractivity contribution in [2.45, 2.75) is 19.6 Å². The lowest BCUT2D eigenvalue weighted by Gasteiger charge is -2.23. The highest BCUT2D eigenvalue weighted by molar-refractivity contribution is 6.05. The average Bonchev–Trinajstić information content (AvgIpc) is 3.18. The molecule has 4 rings (SSSR count). The van der Waals surface area contributed by atoms with Crippen LogP contribution in [-0.2, 0) is 11.3 Å². The molecule has 1 fully saturated rings. The third kappa shape index (κ3) is 4.27. The van der Waals surface area contributed by atoms with Gasteiger partial charge >= 0.3 is 0 Å². The minimum Gasteiger partial charge on any atom is -0.374 e. The van der Waals surface area contributed by atoms with E-state index in [1.165, 1.54) is 0 Å². The molecule has 1 atom stereocenters. The number of benzene rings is 2. The minimum atomic E-state index is -0.139. The van der Waals surface area contributed by atoms with Crippen molar-refractivity contribution < 1.29 is 9.53 Å². The highest BCUT2D eigenvalue weighted by Crippen LogP contribution is 2.21. The molecule has 3 aromatic rings. The summed E-state index contributed by atoms with van der Waals surface area (Å²) < 4.78 is 7.50. The first-order valence-corrected chi connectivity index (χ1v) is 9.39. The van der Waals surface area contributed by atoms with Gasteiger partial charge in [-0.1, -0.05) is 35.5 Å². The second-order valence-corrected chi connectivity index (χ2v) is 6.87. The predicted octanol–water partition coefficient (Wildman–Crippen LogP) is 2.49. The number of aromatic nitrogens is 3. The van der Waals surface area contributed by atoms with Gasteiger partial charge in [-0.2, -0.15) is 0 Å². The van der Waals surface area contributed by atoms with Gasteiger partial charge in [0.25, 0.3) is 5.91 Å². The van der Waals surface area contributed by atoms with Crippen LogP contribution in [0.4, 0.5) is 5.69 Å². The molecule has 0 spiro atoms. The smallest absolute Gasteiger partial charge is 0.255 e. The van der Waals surface area contributed by atoms with Crippen molar-refractivity contribution in [3.63, 3.8) is 0 Å². The summed E-state index contributed by atoms with van der Waals surface area (Å²) >= 11 is 0. The van der Waals surface area contributed by atoms with Crippen LogP contribution in [0.15, 0.2) is 54.7 Å². The number of rotatable bonds is 5. The Balaban J connectivity index is 1.51. The fourth-order valence-corrected chi connectivity index (χ4v) is 3.21. The summed E-state index contributed by atoms with van der Waals surface area (Å²) in [4.78, 5) is 12.7. The number of hydrogen-bond acceptors (Lipinski definition) is 5. The molecule has 0 radical (unpaired) electrons. The Kier molecular flexibility index (Phi) is 5.45. The second-order valence-electron chi connectivity index (χ2n) is 6.87. The van der Waals surface area contributed by atoms with Gasteiger partial charge in [0.05, 0.1) is 25.5 Å². The van der Waals surface area contributed by atoms with E-state index in [1.54, 1.807) is 4.68 Å². The lowest BCUT2D eigenvalue weighted by Crippen LogP contribution is -2.40. The summed E-state index contributed by atoms with van der Waals surface area (Å²) in [7, 11) is 0. The third-order valence-corrected chi connectivity index (χ3v) is 4.74. The van der Waals surface area contributed by atoms with Crippen LogP contribution in [0.25, 0.3) is 11.3 Å².